The lowest BCUT2D eigenvalue weighted by atomic mass is 10.4. The molecule has 1 aromatic rings. The minimum Gasteiger partial charge on any atom is -0.379 e. The number of alkyl halides is 1. The van der Waals surface area contributed by atoms with E-state index in [2.05, 4.69) is 15.9 Å². The molecule has 0 spiro atoms. The number of hydrogen-bond donors (Lipinski definition) is 0. The Kier molecular flexibility index (Phi) is 6.59. The van der Waals surface area contributed by atoms with Crippen LogP contribution in [-0.4, -0.2) is 44.9 Å². The van der Waals surface area contributed by atoms with Crippen molar-refractivity contribution >= 4 is 37.6 Å². The Morgan fingerprint density at radius 2 is 1.89 bits per heavy atom. The molecule has 0 bridgehead atoms. The van der Waals surface area contributed by atoms with Gasteiger partial charge in [0, 0.05) is 23.9 Å². The molecule has 0 atom stereocenters. The van der Waals surface area contributed by atoms with Crippen LogP contribution in [0, 0.1) is 0 Å². The Bertz CT molecular complexity index is 464. The van der Waals surface area contributed by atoms with Crippen molar-refractivity contribution in [2.45, 2.75) is 4.90 Å². The van der Waals surface area contributed by atoms with E-state index in [9.17, 15) is 8.42 Å². The summed E-state index contributed by atoms with van der Waals surface area (Å²) in [7, 11) is -1.93. The van der Waals surface area contributed by atoms with Crippen molar-refractivity contribution in [3.63, 3.8) is 0 Å². The first-order valence-electron chi connectivity index (χ1n) is 5.34. The maximum Gasteiger partial charge on any atom is 0.242 e. The normalized spacial score (nSPS) is 12.0. The highest BCUT2D eigenvalue weighted by Crippen LogP contribution is 2.17. The van der Waals surface area contributed by atoms with Crippen LogP contribution >= 0.6 is 27.5 Å². The Hall–Kier alpha value is -0.140. The summed E-state index contributed by atoms with van der Waals surface area (Å²) in [6, 6.07) is 6.11. The van der Waals surface area contributed by atoms with Crippen molar-refractivity contribution in [2.24, 2.45) is 0 Å². The largest absolute Gasteiger partial charge is 0.379 e. The summed E-state index contributed by atoms with van der Waals surface area (Å²) in [6.45, 7) is 1.25. The molecule has 4 nitrogen and oxygen atoms in total. The van der Waals surface area contributed by atoms with Crippen LogP contribution in [0.1, 0.15) is 0 Å². The SMILES string of the molecule is CN(CCOCCBr)S(=O)(=O)c1ccc(Cl)cc1. The second kappa shape index (κ2) is 7.45. The van der Waals surface area contributed by atoms with E-state index in [1.165, 1.54) is 23.5 Å². The van der Waals surface area contributed by atoms with E-state index in [0.29, 0.717) is 24.8 Å². The highest BCUT2D eigenvalue weighted by atomic mass is 79.9. The van der Waals surface area contributed by atoms with E-state index in [1.807, 2.05) is 0 Å². The first-order valence-corrected chi connectivity index (χ1v) is 8.28. The molecule has 0 fully saturated rings. The zero-order valence-electron chi connectivity index (χ0n) is 9.97. The highest BCUT2D eigenvalue weighted by Gasteiger charge is 2.19. The third-order valence-corrected chi connectivity index (χ3v) is 4.74. The summed E-state index contributed by atoms with van der Waals surface area (Å²) in [6.07, 6.45) is 0. The van der Waals surface area contributed by atoms with Crippen LogP contribution in [0.2, 0.25) is 5.02 Å². The lowest BCUT2D eigenvalue weighted by Gasteiger charge is -2.17. The van der Waals surface area contributed by atoms with E-state index in [4.69, 9.17) is 16.3 Å². The summed E-state index contributed by atoms with van der Waals surface area (Å²) in [5.41, 5.74) is 0. The average molecular weight is 357 g/mol. The molecule has 102 valence electrons. The third kappa shape index (κ3) is 4.51. The smallest absolute Gasteiger partial charge is 0.242 e. The molecule has 0 saturated carbocycles. The number of sulfonamides is 1. The summed E-state index contributed by atoms with van der Waals surface area (Å²) in [4.78, 5) is 0.231. The maximum atomic E-state index is 12.1. The molecule has 0 aromatic heterocycles. The monoisotopic (exact) mass is 355 g/mol. The van der Waals surface area contributed by atoms with Crippen LogP contribution in [-0.2, 0) is 14.8 Å². The van der Waals surface area contributed by atoms with Crippen LogP contribution in [0.4, 0.5) is 0 Å². The summed E-state index contributed by atoms with van der Waals surface area (Å²) in [5.74, 6) is 0. The second-order valence-electron chi connectivity index (χ2n) is 3.58. The quantitative estimate of drug-likeness (QED) is 0.556. The number of likely N-dealkylation sites (N-methyl/N-ethyl adjacent to an activating group) is 1. The number of nitrogens with zero attached hydrogens (tertiary/aromatic N) is 1. The average Bonchev–Trinajstić information content (AvgIpc) is 2.35. The third-order valence-electron chi connectivity index (χ3n) is 2.29. The minimum absolute atomic E-state index is 0.231. The summed E-state index contributed by atoms with van der Waals surface area (Å²) in [5, 5.41) is 1.25. The van der Waals surface area contributed by atoms with Gasteiger partial charge in [0.1, 0.15) is 0 Å². The molecule has 0 aliphatic rings. The van der Waals surface area contributed by atoms with Crippen LogP contribution in [0.3, 0.4) is 0 Å². The van der Waals surface area contributed by atoms with Gasteiger partial charge in [0.15, 0.2) is 0 Å². The second-order valence-corrected chi connectivity index (χ2v) is 6.86. The molecular formula is C11H15BrClNO3S. The van der Waals surface area contributed by atoms with Gasteiger partial charge in [-0.1, -0.05) is 27.5 Å². The molecule has 0 amide bonds. The van der Waals surface area contributed by atoms with Gasteiger partial charge >= 0.3 is 0 Å². The van der Waals surface area contributed by atoms with Gasteiger partial charge in [-0.15, -0.1) is 0 Å². The van der Waals surface area contributed by atoms with E-state index in [0.717, 1.165) is 5.33 Å². The van der Waals surface area contributed by atoms with Crippen molar-refractivity contribution in [1.29, 1.82) is 0 Å². The standard InChI is InChI=1S/C11H15BrClNO3S/c1-14(7-9-17-8-6-12)18(15,16)11-4-2-10(13)3-5-11/h2-5H,6-9H2,1H3. The van der Waals surface area contributed by atoms with Gasteiger partial charge < -0.3 is 4.74 Å². The van der Waals surface area contributed by atoms with Crippen molar-refractivity contribution in [3.05, 3.63) is 29.3 Å². The van der Waals surface area contributed by atoms with Gasteiger partial charge in [0.05, 0.1) is 18.1 Å². The summed E-state index contributed by atoms with van der Waals surface area (Å²) < 4.78 is 30.7. The number of halogens is 2. The van der Waals surface area contributed by atoms with Crippen LogP contribution in [0.15, 0.2) is 29.2 Å². The fourth-order valence-corrected chi connectivity index (χ4v) is 2.77. The van der Waals surface area contributed by atoms with Gasteiger partial charge in [0.2, 0.25) is 10.0 Å². The number of rotatable bonds is 7. The van der Waals surface area contributed by atoms with E-state index < -0.39 is 10.0 Å². The van der Waals surface area contributed by atoms with Gasteiger partial charge in [-0.2, -0.15) is 4.31 Å². The molecule has 7 heteroatoms. The molecular weight excluding hydrogens is 342 g/mol. The molecule has 0 saturated heterocycles. The molecule has 0 N–H and O–H groups in total. The predicted molar refractivity (Wildman–Crippen MR) is 75.9 cm³/mol. The predicted octanol–water partition coefficient (Wildman–Crippen LogP) is 2.37. The Balaban J connectivity index is 2.65. The zero-order chi connectivity index (χ0) is 13.6. The number of hydrogen-bond acceptors (Lipinski definition) is 3. The van der Waals surface area contributed by atoms with Gasteiger partial charge in [-0.05, 0) is 24.3 Å². The zero-order valence-corrected chi connectivity index (χ0v) is 13.1. The lowest BCUT2D eigenvalue weighted by Crippen LogP contribution is -2.30. The molecule has 1 rings (SSSR count). The Morgan fingerprint density at radius 3 is 2.44 bits per heavy atom. The van der Waals surface area contributed by atoms with Gasteiger partial charge in [-0.3, -0.25) is 0 Å². The molecule has 18 heavy (non-hydrogen) atoms. The molecule has 0 aliphatic heterocycles. The fourth-order valence-electron chi connectivity index (χ4n) is 1.26. The van der Waals surface area contributed by atoms with Crippen LogP contribution in [0.5, 0.6) is 0 Å². The topological polar surface area (TPSA) is 46.6 Å². The molecule has 0 radical (unpaired) electrons. The lowest BCUT2D eigenvalue weighted by molar-refractivity contribution is 0.141. The first kappa shape index (κ1) is 15.9. The van der Waals surface area contributed by atoms with Gasteiger partial charge in [-0.25, -0.2) is 8.42 Å². The molecule has 1 aromatic carbocycles. The van der Waals surface area contributed by atoms with E-state index in [1.54, 1.807) is 12.1 Å². The van der Waals surface area contributed by atoms with Crippen molar-refractivity contribution in [1.82, 2.24) is 4.31 Å². The maximum absolute atomic E-state index is 12.1. The van der Waals surface area contributed by atoms with Crippen LogP contribution in [0.25, 0.3) is 0 Å². The first-order chi connectivity index (χ1) is 8.48. The Morgan fingerprint density at radius 1 is 1.28 bits per heavy atom. The molecule has 0 heterocycles. The number of ether oxygens (including phenoxy) is 1. The minimum atomic E-state index is -3.46. The van der Waals surface area contributed by atoms with Crippen molar-refractivity contribution in [2.75, 3.05) is 32.1 Å². The van der Waals surface area contributed by atoms with E-state index >= 15 is 0 Å². The van der Waals surface area contributed by atoms with Crippen molar-refractivity contribution < 1.29 is 13.2 Å². The van der Waals surface area contributed by atoms with E-state index in [-0.39, 0.29) is 4.90 Å². The van der Waals surface area contributed by atoms with Crippen LogP contribution < -0.4 is 0 Å². The molecule has 0 aliphatic carbocycles. The fraction of sp³-hybridized carbons (Fsp3) is 0.455. The van der Waals surface area contributed by atoms with Crippen molar-refractivity contribution in [3.8, 4) is 0 Å². The Labute approximate surface area is 121 Å². The highest BCUT2D eigenvalue weighted by molar-refractivity contribution is 9.09. The molecule has 0 unspecified atom stereocenters. The summed E-state index contributed by atoms with van der Waals surface area (Å²) >= 11 is 8.96. The number of benzene rings is 1. The van der Waals surface area contributed by atoms with Gasteiger partial charge in [0.25, 0.3) is 0 Å².